The van der Waals surface area contributed by atoms with Gasteiger partial charge in [-0.3, -0.25) is 14.4 Å². The van der Waals surface area contributed by atoms with Gasteiger partial charge in [-0.15, -0.1) is 0 Å². The molecule has 0 aliphatic rings. The van der Waals surface area contributed by atoms with Gasteiger partial charge in [0.25, 0.3) is 0 Å². The van der Waals surface area contributed by atoms with Crippen LogP contribution >= 0.6 is 0 Å². The maximum Gasteiger partial charge on any atom is 0.303 e. The van der Waals surface area contributed by atoms with Crippen molar-refractivity contribution in [1.82, 2.24) is 0 Å². The molecule has 0 aromatic rings. The number of unbranched alkanes of at least 4 members (excludes halogenated alkanes) is 13. The monoisotopic (exact) mass is 540 g/mol. The van der Waals surface area contributed by atoms with E-state index >= 15 is 0 Å². The fourth-order valence-corrected chi connectivity index (χ4v) is 5.23. The summed E-state index contributed by atoms with van der Waals surface area (Å²) in [6, 6.07) is 0. The maximum atomic E-state index is 11.1. The lowest BCUT2D eigenvalue weighted by atomic mass is 10.0. The zero-order chi connectivity index (χ0) is 28.3. The third-order valence-corrected chi connectivity index (χ3v) is 7.46. The van der Waals surface area contributed by atoms with Gasteiger partial charge in [-0.2, -0.15) is 0 Å². The van der Waals surface area contributed by atoms with Crippen LogP contribution in [0, 0.1) is 0 Å². The van der Waals surface area contributed by atoms with Crippen LogP contribution in [0.5, 0.6) is 0 Å². The topological polar surface area (TPSA) is 112 Å². The molecule has 0 bridgehead atoms. The standard InChI is InChI=1S/C31H57NO6/c1-2-3-4-5-6-7-8-9-10-11-12-13-14-15-16-17-18-25-32(26-19-22-29(33)34,27-20-23-30(35)36)28-21-24-31(37)38/h5-6H,2-4,7-28H2,1H3,(H2-,33,34,35,36,37,38)/p+1/b6-5+. The fraction of sp³-hybridized carbons (Fsp3) is 0.839. The predicted octanol–water partition coefficient (Wildman–Crippen LogP) is 7.83. The number of nitrogens with zero attached hydrogens (tertiary/aromatic N) is 1. The van der Waals surface area contributed by atoms with Gasteiger partial charge >= 0.3 is 17.9 Å². The van der Waals surface area contributed by atoms with E-state index in [2.05, 4.69) is 19.1 Å². The fourth-order valence-electron chi connectivity index (χ4n) is 5.23. The molecule has 0 aliphatic heterocycles. The summed E-state index contributed by atoms with van der Waals surface area (Å²) < 4.78 is 0.641. The Bertz CT molecular complexity index is 584. The molecule has 0 rings (SSSR count). The Labute approximate surface area is 232 Å². The van der Waals surface area contributed by atoms with Crippen LogP contribution in [0.4, 0.5) is 0 Å². The zero-order valence-electron chi connectivity index (χ0n) is 24.3. The van der Waals surface area contributed by atoms with Crippen molar-refractivity contribution in [2.75, 3.05) is 26.2 Å². The second kappa shape index (κ2) is 25.4. The molecular weight excluding hydrogens is 482 g/mol. The second-order valence-corrected chi connectivity index (χ2v) is 11.0. The number of hydrogen-bond donors (Lipinski definition) is 3. The Morgan fingerprint density at radius 1 is 0.474 bits per heavy atom. The smallest absolute Gasteiger partial charge is 0.303 e. The first-order valence-electron chi connectivity index (χ1n) is 15.5. The van der Waals surface area contributed by atoms with Crippen molar-refractivity contribution in [3.8, 4) is 0 Å². The minimum Gasteiger partial charge on any atom is -0.481 e. The van der Waals surface area contributed by atoms with Gasteiger partial charge in [-0.1, -0.05) is 83.3 Å². The number of aliphatic carboxylic acids is 3. The van der Waals surface area contributed by atoms with Crippen molar-refractivity contribution in [1.29, 1.82) is 0 Å². The zero-order valence-corrected chi connectivity index (χ0v) is 24.3. The quantitative estimate of drug-likeness (QED) is 0.0506. The van der Waals surface area contributed by atoms with Crippen LogP contribution < -0.4 is 0 Å². The van der Waals surface area contributed by atoms with Crippen LogP contribution in [0.2, 0.25) is 0 Å². The lowest BCUT2D eigenvalue weighted by Gasteiger charge is -2.39. The van der Waals surface area contributed by atoms with Crippen molar-refractivity contribution in [3.63, 3.8) is 0 Å². The summed E-state index contributed by atoms with van der Waals surface area (Å²) in [7, 11) is 0. The highest BCUT2D eigenvalue weighted by atomic mass is 16.4. The maximum absolute atomic E-state index is 11.1. The third-order valence-electron chi connectivity index (χ3n) is 7.46. The van der Waals surface area contributed by atoms with Crippen LogP contribution in [0.25, 0.3) is 0 Å². The summed E-state index contributed by atoms with van der Waals surface area (Å²) in [4.78, 5) is 33.2. The first kappa shape index (κ1) is 36.1. The molecule has 7 nitrogen and oxygen atoms in total. The highest BCUT2D eigenvalue weighted by Gasteiger charge is 2.27. The van der Waals surface area contributed by atoms with Crippen LogP contribution in [0.1, 0.15) is 142 Å². The molecule has 0 saturated heterocycles. The molecule has 0 amide bonds. The highest BCUT2D eigenvalue weighted by Crippen LogP contribution is 2.19. The van der Waals surface area contributed by atoms with E-state index in [-0.39, 0.29) is 19.3 Å². The number of quaternary nitrogens is 1. The molecule has 0 saturated carbocycles. The minimum absolute atomic E-state index is 0.0912. The minimum atomic E-state index is -0.825. The van der Waals surface area contributed by atoms with Gasteiger partial charge in [0.05, 0.1) is 45.4 Å². The SMILES string of the molecule is CCCC/C=C/CCCCCCCCCCCCC[N+](CCCC(=O)O)(CCCC(=O)O)CCCC(=O)O. The van der Waals surface area contributed by atoms with Gasteiger partial charge in [0.1, 0.15) is 0 Å². The molecule has 7 heteroatoms. The average molecular weight is 541 g/mol. The van der Waals surface area contributed by atoms with Crippen LogP contribution in [0.15, 0.2) is 12.2 Å². The molecule has 0 aliphatic carbocycles. The molecule has 0 aromatic heterocycles. The lowest BCUT2D eigenvalue weighted by Crippen LogP contribution is -2.51. The summed E-state index contributed by atoms with van der Waals surface area (Å²) in [6.45, 7) is 5.10. The number of rotatable bonds is 29. The number of carboxylic acids is 3. The van der Waals surface area contributed by atoms with Crippen molar-refractivity contribution < 1.29 is 34.2 Å². The first-order valence-corrected chi connectivity index (χ1v) is 15.5. The van der Waals surface area contributed by atoms with Gasteiger partial charge in [0.15, 0.2) is 0 Å². The van der Waals surface area contributed by atoms with Crippen LogP contribution in [-0.2, 0) is 14.4 Å². The van der Waals surface area contributed by atoms with Crippen molar-refractivity contribution in [2.45, 2.75) is 142 Å². The average Bonchev–Trinajstić information content (AvgIpc) is 2.85. The summed E-state index contributed by atoms with van der Waals surface area (Å²) in [5.74, 6) is -2.47. The van der Waals surface area contributed by atoms with Crippen LogP contribution in [0.3, 0.4) is 0 Å². The van der Waals surface area contributed by atoms with Gasteiger partial charge in [0.2, 0.25) is 0 Å². The van der Waals surface area contributed by atoms with E-state index in [1.807, 2.05) is 0 Å². The molecular formula is C31H58NO6+. The number of allylic oxidation sites excluding steroid dienone is 2. The molecule has 0 radical (unpaired) electrons. The summed E-state index contributed by atoms with van der Waals surface area (Å²) in [6.07, 6.45) is 25.3. The second-order valence-electron chi connectivity index (χ2n) is 11.0. The predicted molar refractivity (Wildman–Crippen MR) is 154 cm³/mol. The van der Waals surface area contributed by atoms with Crippen molar-refractivity contribution in [2.24, 2.45) is 0 Å². The number of carbonyl (C=O) groups is 3. The Kier molecular flexibility index (Phi) is 24.1. The van der Waals surface area contributed by atoms with Gasteiger partial charge < -0.3 is 19.8 Å². The van der Waals surface area contributed by atoms with Gasteiger partial charge in [-0.25, -0.2) is 0 Å². The van der Waals surface area contributed by atoms with E-state index in [1.165, 1.54) is 83.5 Å². The largest absolute Gasteiger partial charge is 0.481 e. The molecule has 38 heavy (non-hydrogen) atoms. The van der Waals surface area contributed by atoms with E-state index in [0.29, 0.717) is 43.4 Å². The first-order chi connectivity index (χ1) is 18.3. The molecule has 0 spiro atoms. The molecule has 0 atom stereocenters. The molecule has 0 unspecified atom stereocenters. The molecule has 3 N–H and O–H groups in total. The Hall–Kier alpha value is -1.89. The van der Waals surface area contributed by atoms with Gasteiger partial charge in [-0.05, 0) is 32.1 Å². The Balaban J connectivity index is 4.22. The number of carboxylic acid groups (broad SMARTS) is 3. The van der Waals surface area contributed by atoms with Crippen molar-refractivity contribution >= 4 is 17.9 Å². The molecule has 0 fully saturated rings. The lowest BCUT2D eigenvalue weighted by molar-refractivity contribution is -0.929. The van der Waals surface area contributed by atoms with Gasteiger partial charge in [0, 0.05) is 19.3 Å². The molecule has 222 valence electrons. The van der Waals surface area contributed by atoms with Crippen molar-refractivity contribution in [3.05, 3.63) is 12.2 Å². The highest BCUT2D eigenvalue weighted by molar-refractivity contribution is 5.67. The summed E-state index contributed by atoms with van der Waals surface area (Å²) in [5.41, 5.74) is 0. The summed E-state index contributed by atoms with van der Waals surface area (Å²) in [5, 5.41) is 27.2. The summed E-state index contributed by atoms with van der Waals surface area (Å²) >= 11 is 0. The molecule has 0 heterocycles. The third kappa shape index (κ3) is 24.4. The van der Waals surface area contributed by atoms with Crippen LogP contribution in [-0.4, -0.2) is 63.9 Å². The van der Waals surface area contributed by atoms with E-state index in [0.717, 1.165) is 19.4 Å². The Morgan fingerprint density at radius 2 is 0.789 bits per heavy atom. The Morgan fingerprint density at radius 3 is 1.16 bits per heavy atom. The van der Waals surface area contributed by atoms with E-state index in [1.54, 1.807) is 0 Å². The normalized spacial score (nSPS) is 11.8. The van der Waals surface area contributed by atoms with E-state index in [4.69, 9.17) is 15.3 Å². The number of hydrogen-bond acceptors (Lipinski definition) is 3. The molecule has 0 aromatic carbocycles. The van der Waals surface area contributed by atoms with E-state index in [9.17, 15) is 14.4 Å². The van der Waals surface area contributed by atoms with E-state index < -0.39 is 17.9 Å².